The fourth-order valence-corrected chi connectivity index (χ4v) is 1.78. The summed E-state index contributed by atoms with van der Waals surface area (Å²) in [4.78, 5) is 2.56. The van der Waals surface area contributed by atoms with Crippen LogP contribution in [0.25, 0.3) is 10.4 Å². The molecule has 1 N–H and O–H groups in total. The molecule has 0 aliphatic rings. The minimum Gasteiger partial charge on any atom is -0.388 e. The van der Waals surface area contributed by atoms with Gasteiger partial charge in [0.2, 0.25) is 0 Å². The minimum absolute atomic E-state index is 0.0160. The number of rotatable bonds is 3. The Morgan fingerprint density at radius 2 is 2.36 bits per heavy atom. The lowest BCUT2D eigenvalue weighted by Crippen LogP contribution is -2.01. The Bertz CT molecular complexity index is 379. The molecule has 1 rings (SSSR count). The van der Waals surface area contributed by atoms with Crippen LogP contribution in [0.5, 0.6) is 0 Å². The molecule has 0 saturated carbocycles. The van der Waals surface area contributed by atoms with Gasteiger partial charge in [0.25, 0.3) is 0 Å². The van der Waals surface area contributed by atoms with E-state index in [4.69, 9.17) is 17.1 Å². The third-order valence-corrected chi connectivity index (χ3v) is 2.46. The van der Waals surface area contributed by atoms with E-state index in [1.807, 2.05) is 0 Å². The van der Waals surface area contributed by atoms with E-state index in [1.54, 1.807) is 18.2 Å². The molecule has 1 unspecified atom stereocenters. The number of benzene rings is 1. The van der Waals surface area contributed by atoms with Gasteiger partial charge in [-0.3, -0.25) is 0 Å². The van der Waals surface area contributed by atoms with Crippen molar-refractivity contribution in [3.63, 3.8) is 0 Å². The predicted octanol–water partition coefficient (Wildman–Crippen LogP) is 3.45. The van der Waals surface area contributed by atoms with Crippen LogP contribution < -0.4 is 0 Å². The van der Waals surface area contributed by atoms with Crippen LogP contribution in [0.2, 0.25) is 5.02 Å². The smallest absolute Gasteiger partial charge is 0.0860 e. The first-order chi connectivity index (χ1) is 6.65. The van der Waals surface area contributed by atoms with Crippen molar-refractivity contribution >= 4 is 27.5 Å². The maximum Gasteiger partial charge on any atom is 0.0860 e. The second kappa shape index (κ2) is 5.22. The van der Waals surface area contributed by atoms with Gasteiger partial charge in [-0.15, -0.1) is 0 Å². The molecule has 6 heteroatoms. The first-order valence-corrected chi connectivity index (χ1v) is 4.96. The van der Waals surface area contributed by atoms with Crippen LogP contribution in [-0.2, 0) is 0 Å². The number of hydrogen-bond acceptors (Lipinski definition) is 2. The van der Waals surface area contributed by atoms with Crippen molar-refractivity contribution in [3.05, 3.63) is 43.7 Å². The van der Waals surface area contributed by atoms with Gasteiger partial charge in [0.15, 0.2) is 0 Å². The molecule has 0 radical (unpaired) electrons. The van der Waals surface area contributed by atoms with Crippen molar-refractivity contribution in [1.29, 1.82) is 0 Å². The lowest BCUT2D eigenvalue weighted by Gasteiger charge is -2.09. The molecule has 0 bridgehead atoms. The molecule has 1 aromatic carbocycles. The maximum atomic E-state index is 9.56. The Balaban J connectivity index is 2.89. The number of nitrogens with zero attached hydrogens (tertiary/aromatic N) is 3. The molecule has 0 fully saturated rings. The quantitative estimate of drug-likeness (QED) is 0.513. The Morgan fingerprint density at radius 3 is 2.93 bits per heavy atom. The van der Waals surface area contributed by atoms with Crippen molar-refractivity contribution in [2.24, 2.45) is 5.11 Å². The monoisotopic (exact) mass is 275 g/mol. The molecule has 1 atom stereocenters. The van der Waals surface area contributed by atoms with Crippen LogP contribution >= 0.6 is 27.5 Å². The van der Waals surface area contributed by atoms with E-state index in [1.165, 1.54) is 0 Å². The number of hydrogen-bond donors (Lipinski definition) is 1. The molecular weight excluding hydrogens is 269 g/mol. The van der Waals surface area contributed by atoms with E-state index in [0.717, 1.165) is 4.47 Å². The summed E-state index contributed by atoms with van der Waals surface area (Å²) < 4.78 is 0.835. The Kier molecular flexibility index (Phi) is 4.22. The standard InChI is InChI=1S/C8H7BrClN3O/c9-5-1-2-6(7(10)3-5)8(14)4-12-13-11/h1-3,8,14H,4H2. The summed E-state index contributed by atoms with van der Waals surface area (Å²) in [6.45, 7) is -0.0160. The van der Waals surface area contributed by atoms with Crippen molar-refractivity contribution in [1.82, 2.24) is 0 Å². The van der Waals surface area contributed by atoms with Crippen molar-refractivity contribution in [2.75, 3.05) is 6.54 Å². The van der Waals surface area contributed by atoms with Crippen molar-refractivity contribution in [2.45, 2.75) is 6.10 Å². The number of azide groups is 1. The highest BCUT2D eigenvalue weighted by molar-refractivity contribution is 9.10. The SMILES string of the molecule is [N-]=[N+]=NCC(O)c1ccc(Br)cc1Cl. The Labute approximate surface area is 94.3 Å². The highest BCUT2D eigenvalue weighted by Gasteiger charge is 2.10. The fraction of sp³-hybridized carbons (Fsp3) is 0.250. The van der Waals surface area contributed by atoms with Crippen molar-refractivity contribution in [3.8, 4) is 0 Å². The lowest BCUT2D eigenvalue weighted by molar-refractivity contribution is 0.187. The van der Waals surface area contributed by atoms with E-state index in [2.05, 4.69) is 26.0 Å². The third-order valence-electron chi connectivity index (χ3n) is 1.64. The second-order valence-corrected chi connectivity index (χ2v) is 3.92. The normalized spacial score (nSPS) is 11.9. The molecule has 0 saturated heterocycles. The summed E-state index contributed by atoms with van der Waals surface area (Å²) in [6.07, 6.45) is -0.855. The largest absolute Gasteiger partial charge is 0.388 e. The third kappa shape index (κ3) is 2.89. The first-order valence-electron chi connectivity index (χ1n) is 3.79. The second-order valence-electron chi connectivity index (χ2n) is 2.60. The number of halogens is 2. The predicted molar refractivity (Wildman–Crippen MR) is 58.1 cm³/mol. The van der Waals surface area contributed by atoms with E-state index in [0.29, 0.717) is 10.6 Å². The number of aliphatic hydroxyl groups is 1. The minimum atomic E-state index is -0.855. The van der Waals surface area contributed by atoms with E-state index < -0.39 is 6.10 Å². The molecule has 0 amide bonds. The van der Waals surface area contributed by atoms with Gasteiger partial charge in [0.1, 0.15) is 0 Å². The summed E-state index contributed by atoms with van der Waals surface area (Å²) in [7, 11) is 0. The van der Waals surface area contributed by atoms with Gasteiger partial charge in [-0.05, 0) is 23.2 Å². The van der Waals surface area contributed by atoms with Crippen LogP contribution in [0.4, 0.5) is 0 Å². The molecule has 4 nitrogen and oxygen atoms in total. The Morgan fingerprint density at radius 1 is 1.64 bits per heavy atom. The fourth-order valence-electron chi connectivity index (χ4n) is 0.984. The van der Waals surface area contributed by atoms with Gasteiger partial charge in [0, 0.05) is 14.4 Å². The molecular formula is C8H7BrClN3O. The zero-order valence-corrected chi connectivity index (χ0v) is 9.40. The summed E-state index contributed by atoms with van der Waals surface area (Å²) in [5.41, 5.74) is 8.64. The van der Waals surface area contributed by atoms with Gasteiger partial charge in [-0.2, -0.15) is 0 Å². The van der Waals surface area contributed by atoms with Gasteiger partial charge in [-0.1, -0.05) is 38.7 Å². The van der Waals surface area contributed by atoms with Crippen LogP contribution in [-0.4, -0.2) is 11.7 Å². The molecule has 0 aliphatic carbocycles. The summed E-state index contributed by atoms with van der Waals surface area (Å²) in [5, 5.41) is 13.3. The van der Waals surface area contributed by atoms with Crippen LogP contribution in [0.1, 0.15) is 11.7 Å². The van der Waals surface area contributed by atoms with Gasteiger partial charge < -0.3 is 5.11 Å². The lowest BCUT2D eigenvalue weighted by atomic mass is 10.1. The molecule has 0 aliphatic heterocycles. The summed E-state index contributed by atoms with van der Waals surface area (Å²) in [6, 6.07) is 5.13. The Hall–Kier alpha value is -0.740. The topological polar surface area (TPSA) is 69.0 Å². The van der Waals surface area contributed by atoms with Gasteiger partial charge in [-0.25, -0.2) is 0 Å². The molecule has 74 valence electrons. The molecule has 14 heavy (non-hydrogen) atoms. The van der Waals surface area contributed by atoms with E-state index in [9.17, 15) is 5.11 Å². The highest BCUT2D eigenvalue weighted by atomic mass is 79.9. The average Bonchev–Trinajstić information content (AvgIpc) is 2.14. The van der Waals surface area contributed by atoms with E-state index in [-0.39, 0.29) is 6.54 Å². The van der Waals surface area contributed by atoms with E-state index >= 15 is 0 Å². The van der Waals surface area contributed by atoms with Gasteiger partial charge in [0.05, 0.1) is 12.6 Å². The van der Waals surface area contributed by atoms with Crippen molar-refractivity contribution < 1.29 is 5.11 Å². The summed E-state index contributed by atoms with van der Waals surface area (Å²) in [5.74, 6) is 0. The summed E-state index contributed by atoms with van der Waals surface area (Å²) >= 11 is 9.13. The van der Waals surface area contributed by atoms with Gasteiger partial charge >= 0.3 is 0 Å². The average molecular weight is 277 g/mol. The maximum absolute atomic E-state index is 9.56. The zero-order valence-electron chi connectivity index (χ0n) is 7.06. The first kappa shape index (κ1) is 11.3. The molecule has 0 aromatic heterocycles. The highest BCUT2D eigenvalue weighted by Crippen LogP contribution is 2.26. The van der Waals surface area contributed by atoms with Crippen LogP contribution in [0.15, 0.2) is 27.8 Å². The van der Waals surface area contributed by atoms with Crippen LogP contribution in [0.3, 0.4) is 0 Å². The number of aliphatic hydroxyl groups excluding tert-OH is 1. The zero-order chi connectivity index (χ0) is 10.6. The molecule has 0 heterocycles. The molecule has 0 spiro atoms. The molecule has 1 aromatic rings. The van der Waals surface area contributed by atoms with Crippen LogP contribution in [0, 0.1) is 0 Å².